The number of carboxylic acid groups (broad SMARTS) is 1. The molecule has 0 atom stereocenters. The van der Waals surface area contributed by atoms with Crippen LogP contribution in [0.5, 0.6) is 0 Å². The number of hydrogen-bond acceptors (Lipinski definition) is 3. The monoisotopic (exact) mass is 158 g/mol. The SMILES string of the molecule is O=C([O-])CC(=O)CCl.[Na+]. The van der Waals surface area contributed by atoms with E-state index < -0.39 is 18.2 Å². The van der Waals surface area contributed by atoms with Gasteiger partial charge in [0, 0.05) is 12.4 Å². The van der Waals surface area contributed by atoms with Gasteiger partial charge in [-0.15, -0.1) is 11.6 Å². The molecule has 0 aromatic carbocycles. The Bertz CT molecular complexity index is 114. The molecule has 9 heavy (non-hydrogen) atoms. The van der Waals surface area contributed by atoms with E-state index in [1.165, 1.54) is 0 Å². The number of aliphatic carboxylic acids is 1. The number of rotatable bonds is 3. The van der Waals surface area contributed by atoms with Gasteiger partial charge in [0.15, 0.2) is 5.78 Å². The van der Waals surface area contributed by atoms with Crippen LogP contribution in [0, 0.1) is 0 Å². The average molecular weight is 159 g/mol. The van der Waals surface area contributed by atoms with Gasteiger partial charge < -0.3 is 9.90 Å². The Kier molecular flexibility index (Phi) is 8.83. The molecule has 0 aliphatic rings. The van der Waals surface area contributed by atoms with Gasteiger partial charge in [-0.25, -0.2) is 0 Å². The summed E-state index contributed by atoms with van der Waals surface area (Å²) in [6, 6.07) is 0. The predicted molar refractivity (Wildman–Crippen MR) is 25.4 cm³/mol. The van der Waals surface area contributed by atoms with E-state index in [9.17, 15) is 14.7 Å². The second kappa shape index (κ2) is 6.55. The number of carbonyl (C=O) groups excluding carboxylic acids is 2. The van der Waals surface area contributed by atoms with Crippen LogP contribution in [-0.4, -0.2) is 17.6 Å². The summed E-state index contributed by atoms with van der Waals surface area (Å²) in [5.74, 6) is -2.16. The minimum atomic E-state index is -1.38. The Morgan fingerprint density at radius 2 is 1.89 bits per heavy atom. The molecular formula is C4H4ClNaO3. The Labute approximate surface area is 79.7 Å². The predicted octanol–water partition coefficient (Wildman–Crippen LogP) is -4.06. The largest absolute Gasteiger partial charge is 1.00 e. The maximum Gasteiger partial charge on any atom is 1.00 e. The van der Waals surface area contributed by atoms with Crippen LogP contribution in [0.1, 0.15) is 6.42 Å². The van der Waals surface area contributed by atoms with Crippen molar-refractivity contribution >= 4 is 23.4 Å². The van der Waals surface area contributed by atoms with Gasteiger partial charge in [0.25, 0.3) is 0 Å². The Hall–Kier alpha value is 0.430. The van der Waals surface area contributed by atoms with Gasteiger partial charge in [0.1, 0.15) is 0 Å². The standard InChI is InChI=1S/C4H5ClO3.Na/c5-2-3(6)1-4(7)8;/h1-2H2,(H,7,8);/q;+1/p-1. The zero-order valence-electron chi connectivity index (χ0n) is 5.02. The fraction of sp³-hybridized carbons (Fsp3) is 0.500. The molecule has 0 heterocycles. The summed E-state index contributed by atoms with van der Waals surface area (Å²) >= 11 is 4.96. The average Bonchev–Trinajstić information content (AvgIpc) is 1.65. The number of ketones is 1. The molecule has 0 rings (SSSR count). The van der Waals surface area contributed by atoms with Crippen LogP contribution in [0.2, 0.25) is 0 Å². The summed E-state index contributed by atoms with van der Waals surface area (Å²) in [4.78, 5) is 19.6. The molecule has 0 fully saturated rings. The van der Waals surface area contributed by atoms with E-state index in [-0.39, 0.29) is 35.4 Å². The fourth-order valence-corrected chi connectivity index (χ4v) is 0.303. The smallest absolute Gasteiger partial charge is 0.550 e. The van der Waals surface area contributed by atoms with E-state index in [2.05, 4.69) is 0 Å². The van der Waals surface area contributed by atoms with Crippen molar-refractivity contribution in [3.05, 3.63) is 0 Å². The quantitative estimate of drug-likeness (QED) is 0.239. The molecule has 0 spiro atoms. The Morgan fingerprint density at radius 3 is 2.00 bits per heavy atom. The summed E-state index contributed by atoms with van der Waals surface area (Å²) in [6.45, 7) is 0. The first-order valence-corrected chi connectivity index (χ1v) is 2.47. The summed E-state index contributed by atoms with van der Waals surface area (Å²) in [6.07, 6.45) is -0.580. The summed E-state index contributed by atoms with van der Waals surface area (Å²) in [7, 11) is 0. The molecule has 0 saturated heterocycles. The fourth-order valence-electron chi connectivity index (χ4n) is 0.208. The number of Topliss-reactive ketones (excluding diaryl/α,β-unsaturated/α-hetero) is 1. The van der Waals surface area contributed by atoms with Gasteiger partial charge in [0.2, 0.25) is 0 Å². The van der Waals surface area contributed by atoms with E-state index in [1.54, 1.807) is 0 Å². The molecule has 46 valence electrons. The normalized spacial score (nSPS) is 7.67. The summed E-state index contributed by atoms with van der Waals surface area (Å²) < 4.78 is 0. The number of hydrogen-bond donors (Lipinski definition) is 0. The van der Waals surface area contributed by atoms with Crippen molar-refractivity contribution in [1.82, 2.24) is 0 Å². The van der Waals surface area contributed by atoms with Crippen molar-refractivity contribution in [2.75, 3.05) is 5.88 Å². The molecule has 0 aliphatic heterocycles. The number of halogens is 1. The minimum absolute atomic E-state index is 0. The maximum absolute atomic E-state index is 10.1. The van der Waals surface area contributed by atoms with Gasteiger partial charge >= 0.3 is 29.6 Å². The molecule has 0 aliphatic carbocycles. The molecule has 0 aromatic rings. The molecule has 5 heteroatoms. The van der Waals surface area contributed by atoms with Crippen LogP contribution in [0.4, 0.5) is 0 Å². The minimum Gasteiger partial charge on any atom is -0.550 e. The van der Waals surface area contributed by atoms with E-state index in [0.29, 0.717) is 0 Å². The van der Waals surface area contributed by atoms with Crippen molar-refractivity contribution in [3.8, 4) is 0 Å². The van der Waals surface area contributed by atoms with E-state index in [4.69, 9.17) is 11.6 Å². The Morgan fingerprint density at radius 1 is 1.44 bits per heavy atom. The topological polar surface area (TPSA) is 57.2 Å². The van der Waals surface area contributed by atoms with Gasteiger partial charge in [0.05, 0.1) is 5.88 Å². The van der Waals surface area contributed by atoms with Crippen LogP contribution < -0.4 is 34.7 Å². The zero-order chi connectivity index (χ0) is 6.57. The maximum atomic E-state index is 10.1. The van der Waals surface area contributed by atoms with E-state index in [1.807, 2.05) is 0 Å². The van der Waals surface area contributed by atoms with Crippen LogP contribution in [0.3, 0.4) is 0 Å². The summed E-state index contributed by atoms with van der Waals surface area (Å²) in [5, 5.41) is 9.58. The van der Waals surface area contributed by atoms with Gasteiger partial charge in [-0.2, -0.15) is 0 Å². The van der Waals surface area contributed by atoms with E-state index in [0.717, 1.165) is 0 Å². The van der Waals surface area contributed by atoms with Crippen LogP contribution in [0.15, 0.2) is 0 Å². The first kappa shape index (κ1) is 12.1. The zero-order valence-corrected chi connectivity index (χ0v) is 7.77. The van der Waals surface area contributed by atoms with Crippen molar-refractivity contribution in [1.29, 1.82) is 0 Å². The van der Waals surface area contributed by atoms with Crippen molar-refractivity contribution < 1.29 is 44.3 Å². The molecule has 0 unspecified atom stereocenters. The second-order valence-corrected chi connectivity index (χ2v) is 1.49. The molecule has 0 radical (unpaired) electrons. The van der Waals surface area contributed by atoms with Gasteiger partial charge in [-0.1, -0.05) is 0 Å². The van der Waals surface area contributed by atoms with Crippen molar-refractivity contribution in [2.24, 2.45) is 0 Å². The number of carbonyl (C=O) groups is 2. The third-order valence-corrected chi connectivity index (χ3v) is 0.789. The summed E-state index contributed by atoms with van der Waals surface area (Å²) in [5.41, 5.74) is 0. The van der Waals surface area contributed by atoms with Gasteiger partial charge in [-0.3, -0.25) is 4.79 Å². The third-order valence-electron chi connectivity index (χ3n) is 0.491. The molecule has 3 nitrogen and oxygen atoms in total. The molecule has 0 bridgehead atoms. The number of carboxylic acids is 1. The first-order chi connectivity index (χ1) is 3.66. The van der Waals surface area contributed by atoms with Crippen LogP contribution in [-0.2, 0) is 9.59 Å². The van der Waals surface area contributed by atoms with Crippen LogP contribution >= 0.6 is 11.6 Å². The van der Waals surface area contributed by atoms with Crippen LogP contribution in [0.25, 0.3) is 0 Å². The molecular weight excluding hydrogens is 154 g/mol. The molecule has 0 aromatic heterocycles. The Balaban J connectivity index is 0. The molecule has 0 saturated carbocycles. The van der Waals surface area contributed by atoms with Gasteiger partial charge in [-0.05, 0) is 0 Å². The second-order valence-electron chi connectivity index (χ2n) is 1.22. The van der Waals surface area contributed by atoms with Crippen molar-refractivity contribution in [2.45, 2.75) is 6.42 Å². The molecule has 0 N–H and O–H groups in total. The molecule has 0 amide bonds. The third kappa shape index (κ3) is 8.43. The van der Waals surface area contributed by atoms with E-state index >= 15 is 0 Å². The van der Waals surface area contributed by atoms with Crippen molar-refractivity contribution in [3.63, 3.8) is 0 Å². The number of alkyl halides is 1. The first-order valence-electron chi connectivity index (χ1n) is 1.94.